The Hall–Kier alpha value is -2.08. The summed E-state index contributed by atoms with van der Waals surface area (Å²) in [5, 5.41) is 9.35. The van der Waals surface area contributed by atoms with Crippen molar-refractivity contribution in [2.75, 3.05) is 5.73 Å². The first-order valence-electron chi connectivity index (χ1n) is 5.40. The molecule has 0 atom stereocenters. The number of phenolic OH excluding ortho intramolecular Hbond substituents is 1. The molecule has 0 aromatic heterocycles. The van der Waals surface area contributed by atoms with E-state index in [9.17, 15) is 18.3 Å². The summed E-state index contributed by atoms with van der Waals surface area (Å²) in [6.07, 6.45) is -4.48. The highest BCUT2D eigenvalue weighted by Crippen LogP contribution is 2.38. The first-order valence-corrected chi connectivity index (χ1v) is 5.78. The molecule has 0 fully saturated rings. The minimum Gasteiger partial charge on any atom is -0.504 e. The lowest BCUT2D eigenvalue weighted by Gasteiger charge is -2.12. The molecular formula is C13H9ClF3NO2. The van der Waals surface area contributed by atoms with Gasteiger partial charge in [0.15, 0.2) is 11.5 Å². The van der Waals surface area contributed by atoms with Crippen LogP contribution >= 0.6 is 11.6 Å². The van der Waals surface area contributed by atoms with E-state index in [2.05, 4.69) is 0 Å². The number of hydrogen-bond acceptors (Lipinski definition) is 3. The van der Waals surface area contributed by atoms with Gasteiger partial charge >= 0.3 is 6.18 Å². The number of aromatic hydroxyl groups is 1. The van der Waals surface area contributed by atoms with Gasteiger partial charge in [-0.2, -0.15) is 13.2 Å². The Bertz CT molecular complexity index is 644. The van der Waals surface area contributed by atoms with E-state index < -0.39 is 11.7 Å². The van der Waals surface area contributed by atoms with Gasteiger partial charge in [-0.3, -0.25) is 0 Å². The fourth-order valence-corrected chi connectivity index (χ4v) is 1.71. The molecule has 2 aromatic carbocycles. The summed E-state index contributed by atoms with van der Waals surface area (Å²) < 4.78 is 42.7. The second-order valence-electron chi connectivity index (χ2n) is 3.97. The van der Waals surface area contributed by atoms with Crippen LogP contribution in [0, 0.1) is 0 Å². The maximum Gasteiger partial charge on any atom is 0.416 e. The van der Waals surface area contributed by atoms with Crippen LogP contribution in [-0.4, -0.2) is 5.11 Å². The molecule has 0 aliphatic rings. The van der Waals surface area contributed by atoms with Crippen LogP contribution in [0.3, 0.4) is 0 Å². The van der Waals surface area contributed by atoms with Crippen molar-refractivity contribution in [2.45, 2.75) is 6.18 Å². The van der Waals surface area contributed by atoms with E-state index in [-0.39, 0.29) is 22.3 Å². The van der Waals surface area contributed by atoms with Crippen molar-refractivity contribution in [3.63, 3.8) is 0 Å². The zero-order valence-corrected chi connectivity index (χ0v) is 10.7. The molecule has 0 radical (unpaired) electrons. The van der Waals surface area contributed by atoms with Gasteiger partial charge in [-0.1, -0.05) is 11.6 Å². The van der Waals surface area contributed by atoms with E-state index in [1.165, 1.54) is 18.2 Å². The Morgan fingerprint density at radius 2 is 1.75 bits per heavy atom. The van der Waals surface area contributed by atoms with E-state index in [1.807, 2.05) is 0 Å². The molecule has 0 amide bonds. The van der Waals surface area contributed by atoms with Crippen molar-refractivity contribution in [1.82, 2.24) is 0 Å². The predicted molar refractivity (Wildman–Crippen MR) is 69.0 cm³/mol. The second-order valence-corrected chi connectivity index (χ2v) is 4.38. The highest BCUT2D eigenvalue weighted by Gasteiger charge is 2.31. The smallest absolute Gasteiger partial charge is 0.416 e. The van der Waals surface area contributed by atoms with Crippen molar-refractivity contribution in [1.29, 1.82) is 0 Å². The Kier molecular flexibility index (Phi) is 3.67. The lowest BCUT2D eigenvalue weighted by atomic mass is 10.2. The van der Waals surface area contributed by atoms with Gasteiger partial charge in [0.05, 0.1) is 10.6 Å². The monoisotopic (exact) mass is 303 g/mol. The fourth-order valence-electron chi connectivity index (χ4n) is 1.49. The Balaban J connectivity index is 2.33. The molecule has 0 spiro atoms. The highest BCUT2D eigenvalue weighted by molar-refractivity contribution is 6.32. The normalized spacial score (nSPS) is 11.4. The van der Waals surface area contributed by atoms with E-state index in [1.54, 1.807) is 0 Å². The number of rotatable bonds is 2. The minimum absolute atomic E-state index is 0.00617. The molecule has 0 aliphatic carbocycles. The molecule has 3 nitrogen and oxygen atoms in total. The summed E-state index contributed by atoms with van der Waals surface area (Å²) in [7, 11) is 0. The van der Waals surface area contributed by atoms with E-state index >= 15 is 0 Å². The third kappa shape index (κ3) is 3.08. The molecule has 106 valence electrons. The number of nitrogen functional groups attached to an aromatic ring is 1. The van der Waals surface area contributed by atoms with Crippen LogP contribution in [0.4, 0.5) is 18.9 Å². The first-order chi connectivity index (χ1) is 9.27. The average Bonchev–Trinajstić information content (AvgIpc) is 2.35. The van der Waals surface area contributed by atoms with Crippen LogP contribution in [0.2, 0.25) is 5.02 Å². The van der Waals surface area contributed by atoms with Crippen LogP contribution in [-0.2, 0) is 6.18 Å². The molecule has 7 heteroatoms. The Morgan fingerprint density at radius 3 is 2.35 bits per heavy atom. The zero-order valence-electron chi connectivity index (χ0n) is 9.91. The molecule has 0 saturated carbocycles. The summed E-state index contributed by atoms with van der Waals surface area (Å²) in [6.45, 7) is 0. The zero-order chi connectivity index (χ0) is 14.9. The Labute approximate surface area is 117 Å². The third-order valence-corrected chi connectivity index (χ3v) is 2.76. The number of phenols is 1. The molecule has 0 unspecified atom stereocenters. The second kappa shape index (κ2) is 5.13. The summed E-state index contributed by atoms with van der Waals surface area (Å²) in [4.78, 5) is 0. The van der Waals surface area contributed by atoms with Crippen LogP contribution in [0.25, 0.3) is 0 Å². The predicted octanol–water partition coefficient (Wildman–Crippen LogP) is 4.44. The van der Waals surface area contributed by atoms with Crippen LogP contribution in [0.15, 0.2) is 36.4 Å². The van der Waals surface area contributed by atoms with Gasteiger partial charge in [0.1, 0.15) is 5.75 Å². The van der Waals surface area contributed by atoms with Crippen molar-refractivity contribution in [2.24, 2.45) is 0 Å². The maximum atomic E-state index is 12.5. The summed E-state index contributed by atoms with van der Waals surface area (Å²) in [5.41, 5.74) is 4.98. The molecule has 3 N–H and O–H groups in total. The topological polar surface area (TPSA) is 55.5 Å². The molecule has 2 rings (SSSR count). The molecule has 2 aromatic rings. The van der Waals surface area contributed by atoms with Crippen molar-refractivity contribution in [3.05, 3.63) is 47.0 Å². The highest BCUT2D eigenvalue weighted by atomic mass is 35.5. The Morgan fingerprint density at radius 1 is 1.05 bits per heavy atom. The fraction of sp³-hybridized carbons (Fsp3) is 0.0769. The maximum absolute atomic E-state index is 12.5. The van der Waals surface area contributed by atoms with Gasteiger partial charge in [0.2, 0.25) is 0 Å². The van der Waals surface area contributed by atoms with E-state index in [4.69, 9.17) is 22.1 Å². The van der Waals surface area contributed by atoms with Crippen molar-refractivity contribution < 1.29 is 23.0 Å². The van der Waals surface area contributed by atoms with Gasteiger partial charge in [0.25, 0.3) is 0 Å². The van der Waals surface area contributed by atoms with Gasteiger partial charge in [-0.25, -0.2) is 0 Å². The summed E-state index contributed by atoms with van der Waals surface area (Å²) >= 11 is 5.74. The van der Waals surface area contributed by atoms with Crippen molar-refractivity contribution in [3.8, 4) is 17.2 Å². The van der Waals surface area contributed by atoms with E-state index in [0.717, 1.165) is 18.2 Å². The van der Waals surface area contributed by atoms with Crippen molar-refractivity contribution >= 4 is 17.3 Å². The van der Waals surface area contributed by atoms with Crippen LogP contribution < -0.4 is 10.5 Å². The number of benzene rings is 2. The quantitative estimate of drug-likeness (QED) is 0.637. The van der Waals surface area contributed by atoms with Gasteiger partial charge in [-0.05, 0) is 30.3 Å². The third-order valence-electron chi connectivity index (χ3n) is 2.46. The molecule has 0 heterocycles. The number of hydrogen-bond donors (Lipinski definition) is 2. The molecular weight excluding hydrogens is 295 g/mol. The number of ether oxygens (including phenoxy) is 1. The summed E-state index contributed by atoms with van der Waals surface area (Å²) in [6, 6.07) is 6.76. The summed E-state index contributed by atoms with van der Waals surface area (Å²) in [5.74, 6) is -0.206. The largest absolute Gasteiger partial charge is 0.504 e. The number of halogens is 4. The number of alkyl halides is 3. The molecule has 0 bridgehead atoms. The molecule has 0 saturated heterocycles. The number of nitrogens with two attached hydrogens (primary N) is 1. The van der Waals surface area contributed by atoms with E-state index in [0.29, 0.717) is 5.69 Å². The minimum atomic E-state index is -4.48. The molecule has 0 aliphatic heterocycles. The lowest BCUT2D eigenvalue weighted by Crippen LogP contribution is -2.04. The first kappa shape index (κ1) is 14.3. The average molecular weight is 304 g/mol. The van der Waals surface area contributed by atoms with Crippen LogP contribution in [0.5, 0.6) is 17.2 Å². The van der Waals surface area contributed by atoms with Crippen LogP contribution in [0.1, 0.15) is 5.56 Å². The van der Waals surface area contributed by atoms with Gasteiger partial charge < -0.3 is 15.6 Å². The lowest BCUT2D eigenvalue weighted by molar-refractivity contribution is -0.137. The SMILES string of the molecule is Nc1ccc(O)c(Oc2ccc(C(F)(F)F)cc2Cl)c1. The molecule has 20 heavy (non-hydrogen) atoms. The standard InChI is InChI=1S/C13H9ClF3NO2/c14-9-5-7(13(15,16)17)1-4-11(9)20-12-6-8(18)2-3-10(12)19/h1-6,19H,18H2. The van der Waals surface area contributed by atoms with Gasteiger partial charge in [-0.15, -0.1) is 0 Å². The number of anilines is 1. The van der Waals surface area contributed by atoms with Gasteiger partial charge in [0, 0.05) is 11.8 Å².